The SMILES string of the molecule is C=C(C)C(=O)OCC[N+](C)(CC(=O)OC(C)(C)C)CC(F)(F)F. The van der Waals surface area contributed by atoms with Gasteiger partial charge in [0, 0.05) is 5.57 Å². The molecule has 0 aliphatic heterocycles. The number of quaternary nitrogens is 1. The summed E-state index contributed by atoms with van der Waals surface area (Å²) < 4.78 is 47.5. The zero-order chi connectivity index (χ0) is 18.5. The molecule has 134 valence electrons. The van der Waals surface area contributed by atoms with E-state index in [-0.39, 0.29) is 18.7 Å². The topological polar surface area (TPSA) is 52.6 Å². The maximum absolute atomic E-state index is 12.8. The summed E-state index contributed by atoms with van der Waals surface area (Å²) in [4.78, 5) is 23.1. The van der Waals surface area contributed by atoms with Crippen LogP contribution in [0.15, 0.2) is 12.2 Å². The number of likely N-dealkylation sites (N-methyl/N-ethyl adjacent to an activating group) is 1. The summed E-state index contributed by atoms with van der Waals surface area (Å²) in [5.41, 5.74) is -0.630. The minimum Gasteiger partial charge on any atom is -0.456 e. The normalized spacial score (nSPS) is 14.8. The van der Waals surface area contributed by atoms with Crippen LogP contribution in [0.3, 0.4) is 0 Å². The number of nitrogens with zero attached hydrogens (tertiary/aromatic N) is 1. The summed E-state index contributed by atoms with van der Waals surface area (Å²) in [5, 5.41) is 0. The van der Waals surface area contributed by atoms with Crippen molar-refractivity contribution in [3.8, 4) is 0 Å². The van der Waals surface area contributed by atoms with Gasteiger partial charge < -0.3 is 14.0 Å². The molecule has 0 radical (unpaired) electrons. The average molecular weight is 340 g/mol. The smallest absolute Gasteiger partial charge is 0.438 e. The summed E-state index contributed by atoms with van der Waals surface area (Å²) in [7, 11) is 1.27. The highest BCUT2D eigenvalue weighted by Gasteiger charge is 2.41. The summed E-state index contributed by atoms with van der Waals surface area (Å²) in [6.45, 7) is 7.61. The fourth-order valence-corrected chi connectivity index (χ4v) is 1.81. The molecule has 0 N–H and O–H groups in total. The van der Waals surface area contributed by atoms with Crippen molar-refractivity contribution in [3.63, 3.8) is 0 Å². The Balaban J connectivity index is 4.86. The lowest BCUT2D eigenvalue weighted by molar-refractivity contribution is -0.912. The second-order valence-electron chi connectivity index (χ2n) is 6.78. The van der Waals surface area contributed by atoms with Gasteiger partial charge in [-0.15, -0.1) is 0 Å². The Morgan fingerprint density at radius 2 is 1.70 bits per heavy atom. The highest BCUT2D eigenvalue weighted by atomic mass is 19.4. The molecule has 0 spiro atoms. The van der Waals surface area contributed by atoms with Crippen molar-refractivity contribution in [2.45, 2.75) is 39.5 Å². The van der Waals surface area contributed by atoms with Crippen LogP contribution in [-0.2, 0) is 19.1 Å². The first-order valence-electron chi connectivity index (χ1n) is 7.08. The summed E-state index contributed by atoms with van der Waals surface area (Å²) in [6.07, 6.45) is -4.46. The Hall–Kier alpha value is -1.57. The predicted molar refractivity (Wildman–Crippen MR) is 78.5 cm³/mol. The van der Waals surface area contributed by atoms with E-state index < -0.39 is 41.3 Å². The molecule has 1 atom stereocenters. The molecule has 0 amide bonds. The number of halogens is 3. The van der Waals surface area contributed by atoms with Gasteiger partial charge in [-0.3, -0.25) is 0 Å². The molecule has 0 aromatic heterocycles. The van der Waals surface area contributed by atoms with Crippen molar-refractivity contribution in [2.24, 2.45) is 0 Å². The van der Waals surface area contributed by atoms with Gasteiger partial charge in [0.1, 0.15) is 18.8 Å². The van der Waals surface area contributed by atoms with Crippen LogP contribution in [0.5, 0.6) is 0 Å². The van der Waals surface area contributed by atoms with Crippen LogP contribution in [0.4, 0.5) is 13.2 Å². The van der Waals surface area contributed by atoms with Crippen LogP contribution in [0.2, 0.25) is 0 Å². The number of carbonyl (C=O) groups excluding carboxylic acids is 2. The number of rotatable bonds is 7. The molecule has 1 unspecified atom stereocenters. The molecule has 0 aromatic carbocycles. The first kappa shape index (κ1) is 21.4. The second-order valence-corrected chi connectivity index (χ2v) is 6.78. The van der Waals surface area contributed by atoms with E-state index in [9.17, 15) is 22.8 Å². The standard InChI is InChI=1S/C15H25F3NO4/c1-11(2)13(21)22-8-7-19(6,10-15(16,17)18)9-12(20)23-14(3,4)5/h1,7-10H2,2-6H3/q+1. The third-order valence-electron chi connectivity index (χ3n) is 2.70. The molecule has 0 heterocycles. The summed E-state index contributed by atoms with van der Waals surface area (Å²) >= 11 is 0. The van der Waals surface area contributed by atoms with E-state index in [4.69, 9.17) is 9.47 Å². The fraction of sp³-hybridized carbons (Fsp3) is 0.733. The van der Waals surface area contributed by atoms with Gasteiger partial charge in [0.15, 0.2) is 13.1 Å². The average Bonchev–Trinajstić information content (AvgIpc) is 2.21. The fourth-order valence-electron chi connectivity index (χ4n) is 1.81. The van der Waals surface area contributed by atoms with E-state index >= 15 is 0 Å². The van der Waals surface area contributed by atoms with Gasteiger partial charge in [-0.25, -0.2) is 9.59 Å². The quantitative estimate of drug-likeness (QED) is 0.406. The van der Waals surface area contributed by atoms with Gasteiger partial charge in [0.2, 0.25) is 0 Å². The lowest BCUT2D eigenvalue weighted by Crippen LogP contribution is -2.55. The van der Waals surface area contributed by atoms with Gasteiger partial charge in [0.05, 0.1) is 7.05 Å². The number of esters is 2. The Bertz CT molecular complexity index is 455. The van der Waals surface area contributed by atoms with Gasteiger partial charge in [-0.1, -0.05) is 6.58 Å². The maximum Gasteiger partial charge on any atom is 0.438 e. The number of carbonyl (C=O) groups is 2. The highest BCUT2D eigenvalue weighted by molar-refractivity contribution is 5.86. The zero-order valence-corrected chi connectivity index (χ0v) is 14.2. The van der Waals surface area contributed by atoms with Crippen molar-refractivity contribution in [2.75, 3.05) is 33.3 Å². The predicted octanol–water partition coefficient (Wildman–Crippen LogP) is 2.46. The van der Waals surface area contributed by atoms with Crippen LogP contribution in [0, 0.1) is 0 Å². The lowest BCUT2D eigenvalue weighted by Gasteiger charge is -2.34. The van der Waals surface area contributed by atoms with E-state index in [0.29, 0.717) is 0 Å². The van der Waals surface area contributed by atoms with E-state index in [2.05, 4.69) is 6.58 Å². The van der Waals surface area contributed by atoms with Crippen molar-refractivity contribution in [1.29, 1.82) is 0 Å². The Morgan fingerprint density at radius 1 is 1.17 bits per heavy atom. The lowest BCUT2D eigenvalue weighted by atomic mass is 10.2. The molecule has 0 fully saturated rings. The van der Waals surface area contributed by atoms with Gasteiger partial charge in [-0.05, 0) is 27.7 Å². The van der Waals surface area contributed by atoms with Crippen LogP contribution in [0.25, 0.3) is 0 Å². The van der Waals surface area contributed by atoms with Crippen LogP contribution in [-0.4, -0.2) is 61.5 Å². The molecule has 0 saturated carbocycles. The molecule has 0 aliphatic rings. The largest absolute Gasteiger partial charge is 0.456 e. The van der Waals surface area contributed by atoms with Crippen molar-refractivity contribution in [1.82, 2.24) is 0 Å². The highest BCUT2D eigenvalue weighted by Crippen LogP contribution is 2.21. The first-order chi connectivity index (χ1) is 10.1. The molecule has 0 aromatic rings. The van der Waals surface area contributed by atoms with Crippen LogP contribution in [0.1, 0.15) is 27.7 Å². The van der Waals surface area contributed by atoms with Crippen LogP contribution < -0.4 is 0 Å². The third-order valence-corrected chi connectivity index (χ3v) is 2.70. The Morgan fingerprint density at radius 3 is 2.09 bits per heavy atom. The molecule has 0 aliphatic carbocycles. The molecule has 0 saturated heterocycles. The monoisotopic (exact) mass is 340 g/mol. The minimum atomic E-state index is -4.46. The molecule has 8 heteroatoms. The third kappa shape index (κ3) is 10.7. The van der Waals surface area contributed by atoms with E-state index in [0.717, 1.165) is 0 Å². The van der Waals surface area contributed by atoms with Gasteiger partial charge in [-0.2, -0.15) is 13.2 Å². The molecule has 23 heavy (non-hydrogen) atoms. The van der Waals surface area contributed by atoms with Crippen LogP contribution >= 0.6 is 0 Å². The number of hydrogen-bond acceptors (Lipinski definition) is 4. The Labute approximate surface area is 134 Å². The van der Waals surface area contributed by atoms with E-state index in [1.807, 2.05) is 0 Å². The number of alkyl halides is 3. The van der Waals surface area contributed by atoms with Gasteiger partial charge in [0.25, 0.3) is 0 Å². The molecule has 0 bridgehead atoms. The molecule has 0 rings (SSSR count). The second kappa shape index (κ2) is 7.81. The number of hydrogen-bond donors (Lipinski definition) is 0. The summed E-state index contributed by atoms with van der Waals surface area (Å²) in [5.74, 6) is -1.42. The molecular formula is C15H25F3NO4+. The van der Waals surface area contributed by atoms with Crippen molar-refractivity contribution >= 4 is 11.9 Å². The minimum absolute atomic E-state index is 0.155. The van der Waals surface area contributed by atoms with E-state index in [1.165, 1.54) is 14.0 Å². The molecule has 5 nitrogen and oxygen atoms in total. The zero-order valence-electron chi connectivity index (χ0n) is 14.2. The van der Waals surface area contributed by atoms with Crippen molar-refractivity contribution in [3.05, 3.63) is 12.2 Å². The van der Waals surface area contributed by atoms with E-state index in [1.54, 1.807) is 20.8 Å². The van der Waals surface area contributed by atoms with Crippen molar-refractivity contribution < 1.29 is 36.7 Å². The molecular weight excluding hydrogens is 315 g/mol. The van der Waals surface area contributed by atoms with Gasteiger partial charge >= 0.3 is 18.1 Å². The first-order valence-corrected chi connectivity index (χ1v) is 7.08. The maximum atomic E-state index is 12.8. The number of ether oxygens (including phenoxy) is 2. The Kier molecular flexibility index (Phi) is 7.27. The summed E-state index contributed by atoms with van der Waals surface area (Å²) in [6, 6.07) is 0.